The number of nitro benzene ring substituents is 1. The van der Waals surface area contributed by atoms with Gasteiger partial charge >= 0.3 is 0 Å². The zero-order chi connectivity index (χ0) is 18.4. The van der Waals surface area contributed by atoms with Crippen LogP contribution in [-0.4, -0.2) is 16.9 Å². The molecule has 1 N–H and O–H groups in total. The summed E-state index contributed by atoms with van der Waals surface area (Å²) in [5.41, 5.74) is 1.99. The zero-order valence-electron chi connectivity index (χ0n) is 14.6. The van der Waals surface area contributed by atoms with Crippen molar-refractivity contribution in [1.29, 1.82) is 0 Å². The normalized spacial score (nSPS) is 11.6. The van der Waals surface area contributed by atoms with Gasteiger partial charge in [-0.3, -0.25) is 14.9 Å². The monoisotopic (exact) mass is 342 g/mol. The van der Waals surface area contributed by atoms with Gasteiger partial charge in [-0.15, -0.1) is 0 Å². The predicted molar refractivity (Wildman–Crippen MR) is 97.0 cm³/mol. The molecule has 1 unspecified atom stereocenters. The van der Waals surface area contributed by atoms with Crippen molar-refractivity contribution in [3.8, 4) is 5.75 Å². The van der Waals surface area contributed by atoms with E-state index in [4.69, 9.17) is 4.74 Å². The van der Waals surface area contributed by atoms with E-state index in [1.165, 1.54) is 17.7 Å². The molecule has 0 aliphatic heterocycles. The second kappa shape index (κ2) is 8.28. The van der Waals surface area contributed by atoms with Crippen molar-refractivity contribution in [2.24, 2.45) is 0 Å². The fourth-order valence-electron chi connectivity index (χ4n) is 2.41. The Labute approximate surface area is 147 Å². The molecule has 0 spiro atoms. The van der Waals surface area contributed by atoms with Crippen LogP contribution in [0.4, 0.5) is 11.4 Å². The minimum absolute atomic E-state index is 0.135. The lowest BCUT2D eigenvalue weighted by atomic mass is 10.1. The average Bonchev–Trinajstić information content (AvgIpc) is 2.58. The number of hydrogen-bond acceptors (Lipinski definition) is 4. The summed E-state index contributed by atoms with van der Waals surface area (Å²) >= 11 is 0. The average molecular weight is 342 g/mol. The van der Waals surface area contributed by atoms with Crippen molar-refractivity contribution in [1.82, 2.24) is 0 Å². The van der Waals surface area contributed by atoms with Crippen LogP contribution in [0.3, 0.4) is 0 Å². The topological polar surface area (TPSA) is 81.5 Å². The Morgan fingerprint density at radius 1 is 1.24 bits per heavy atom. The van der Waals surface area contributed by atoms with Crippen molar-refractivity contribution >= 4 is 17.3 Å². The molecule has 0 bridgehead atoms. The van der Waals surface area contributed by atoms with Gasteiger partial charge in [-0.25, -0.2) is 0 Å². The summed E-state index contributed by atoms with van der Waals surface area (Å²) < 4.78 is 5.62. The van der Waals surface area contributed by atoms with Crippen molar-refractivity contribution in [2.45, 2.75) is 39.7 Å². The maximum atomic E-state index is 12.3. The summed E-state index contributed by atoms with van der Waals surface area (Å²) in [6.45, 7) is 5.48. The lowest BCUT2D eigenvalue weighted by Crippen LogP contribution is -2.30. The molecule has 25 heavy (non-hydrogen) atoms. The van der Waals surface area contributed by atoms with E-state index in [9.17, 15) is 14.9 Å². The third-order valence-electron chi connectivity index (χ3n) is 3.75. The molecule has 0 aromatic heterocycles. The number of amides is 1. The van der Waals surface area contributed by atoms with Crippen LogP contribution >= 0.6 is 0 Å². The van der Waals surface area contributed by atoms with Crippen LogP contribution in [0.1, 0.15) is 31.4 Å². The second-order valence-electron chi connectivity index (χ2n) is 5.92. The fraction of sp³-hybridized carbons (Fsp3) is 0.316. The molecular formula is C19H22N2O4. The molecule has 132 valence electrons. The van der Waals surface area contributed by atoms with Gasteiger partial charge in [-0.1, -0.05) is 31.5 Å². The fourth-order valence-corrected chi connectivity index (χ4v) is 2.41. The van der Waals surface area contributed by atoms with Gasteiger partial charge in [-0.05, 0) is 49.6 Å². The Morgan fingerprint density at radius 3 is 2.52 bits per heavy atom. The van der Waals surface area contributed by atoms with Crippen molar-refractivity contribution in [3.63, 3.8) is 0 Å². The molecule has 0 saturated heterocycles. The number of nitrogens with one attached hydrogen (secondary N) is 1. The molecule has 6 nitrogen and oxygen atoms in total. The van der Waals surface area contributed by atoms with Crippen LogP contribution in [0, 0.1) is 17.0 Å². The summed E-state index contributed by atoms with van der Waals surface area (Å²) in [7, 11) is 0. The number of carbonyl (C=O) groups excluding carboxylic acids is 1. The molecule has 0 radical (unpaired) electrons. The largest absolute Gasteiger partial charge is 0.481 e. The van der Waals surface area contributed by atoms with Crippen LogP contribution in [0.15, 0.2) is 42.5 Å². The summed E-state index contributed by atoms with van der Waals surface area (Å²) in [5.74, 6) is 0.144. The third-order valence-corrected chi connectivity index (χ3v) is 3.75. The van der Waals surface area contributed by atoms with Gasteiger partial charge < -0.3 is 10.1 Å². The molecule has 2 aromatic carbocycles. The van der Waals surface area contributed by atoms with E-state index in [0.717, 1.165) is 18.4 Å². The lowest BCUT2D eigenvalue weighted by molar-refractivity contribution is -0.384. The number of ether oxygens (including phenoxy) is 1. The highest BCUT2D eigenvalue weighted by atomic mass is 16.6. The molecule has 1 amide bonds. The Kier molecular flexibility index (Phi) is 6.11. The minimum atomic E-state index is -0.780. The standard InChI is InChI=1S/C19H22N2O4/c1-4-5-15-7-9-16(10-8-15)25-14(3)19(22)20-17-11-6-13(2)12-18(17)21(23)24/h6-12,14H,4-5H2,1-3H3,(H,20,22). The number of anilines is 1. The second-order valence-corrected chi connectivity index (χ2v) is 5.92. The van der Waals surface area contributed by atoms with Gasteiger partial charge in [0, 0.05) is 6.07 Å². The highest BCUT2D eigenvalue weighted by Gasteiger charge is 2.20. The summed E-state index contributed by atoms with van der Waals surface area (Å²) in [6, 6.07) is 12.2. The number of nitro groups is 1. The molecule has 2 aromatic rings. The van der Waals surface area contributed by atoms with Crippen LogP contribution in [0.5, 0.6) is 5.75 Å². The maximum Gasteiger partial charge on any atom is 0.293 e. The highest BCUT2D eigenvalue weighted by Crippen LogP contribution is 2.25. The summed E-state index contributed by atoms with van der Waals surface area (Å²) in [5, 5.41) is 13.7. The van der Waals surface area contributed by atoms with Crippen molar-refractivity contribution in [3.05, 3.63) is 63.7 Å². The van der Waals surface area contributed by atoms with E-state index in [1.54, 1.807) is 19.9 Å². The van der Waals surface area contributed by atoms with Gasteiger partial charge in [0.2, 0.25) is 0 Å². The Hall–Kier alpha value is -2.89. The SMILES string of the molecule is CCCc1ccc(OC(C)C(=O)Nc2ccc(C)cc2[N+](=O)[O-])cc1. The van der Waals surface area contributed by atoms with Gasteiger partial charge in [0.25, 0.3) is 11.6 Å². The molecule has 6 heteroatoms. The molecule has 0 heterocycles. The van der Waals surface area contributed by atoms with Crippen LogP contribution in [-0.2, 0) is 11.2 Å². The number of hydrogen-bond donors (Lipinski definition) is 1. The molecule has 2 rings (SSSR count). The van der Waals surface area contributed by atoms with E-state index < -0.39 is 16.9 Å². The molecular weight excluding hydrogens is 320 g/mol. The quantitative estimate of drug-likeness (QED) is 0.602. The van der Waals surface area contributed by atoms with E-state index in [-0.39, 0.29) is 11.4 Å². The number of rotatable bonds is 7. The first-order valence-corrected chi connectivity index (χ1v) is 8.22. The van der Waals surface area contributed by atoms with Gasteiger partial charge in [0.1, 0.15) is 11.4 Å². The predicted octanol–water partition coefficient (Wildman–Crippen LogP) is 4.26. The minimum Gasteiger partial charge on any atom is -0.481 e. The Bertz CT molecular complexity index is 757. The molecule has 0 aliphatic rings. The molecule has 1 atom stereocenters. The molecule has 0 aliphatic carbocycles. The maximum absolute atomic E-state index is 12.3. The number of nitrogens with zero attached hydrogens (tertiary/aromatic N) is 1. The van der Waals surface area contributed by atoms with Gasteiger partial charge in [0.05, 0.1) is 4.92 Å². The van der Waals surface area contributed by atoms with E-state index in [2.05, 4.69) is 12.2 Å². The van der Waals surface area contributed by atoms with Crippen LogP contribution in [0.25, 0.3) is 0 Å². The third kappa shape index (κ3) is 5.04. The van der Waals surface area contributed by atoms with E-state index >= 15 is 0 Å². The summed E-state index contributed by atoms with van der Waals surface area (Å²) in [4.78, 5) is 22.9. The van der Waals surface area contributed by atoms with Crippen LogP contribution < -0.4 is 10.1 Å². The Morgan fingerprint density at radius 2 is 1.92 bits per heavy atom. The van der Waals surface area contributed by atoms with Gasteiger partial charge in [-0.2, -0.15) is 0 Å². The first-order valence-electron chi connectivity index (χ1n) is 8.22. The van der Waals surface area contributed by atoms with Gasteiger partial charge in [0.15, 0.2) is 6.10 Å². The summed E-state index contributed by atoms with van der Waals surface area (Å²) in [6.07, 6.45) is 1.28. The molecule has 0 fully saturated rings. The highest BCUT2D eigenvalue weighted by molar-refractivity contribution is 5.96. The van der Waals surface area contributed by atoms with E-state index in [1.807, 2.05) is 24.3 Å². The first-order chi connectivity index (χ1) is 11.9. The van der Waals surface area contributed by atoms with Crippen molar-refractivity contribution in [2.75, 3.05) is 5.32 Å². The van der Waals surface area contributed by atoms with Crippen molar-refractivity contribution < 1.29 is 14.5 Å². The first kappa shape index (κ1) is 18.4. The smallest absolute Gasteiger partial charge is 0.293 e. The lowest BCUT2D eigenvalue weighted by Gasteiger charge is -2.15. The number of aryl methyl sites for hydroxylation is 2. The zero-order valence-corrected chi connectivity index (χ0v) is 14.6. The van der Waals surface area contributed by atoms with E-state index in [0.29, 0.717) is 5.75 Å². The molecule has 0 saturated carbocycles. The Balaban J connectivity index is 2.04. The number of benzene rings is 2. The van der Waals surface area contributed by atoms with Crippen LogP contribution in [0.2, 0.25) is 0 Å². The number of carbonyl (C=O) groups is 1.